The molecule has 7 heteroatoms. The second-order valence-corrected chi connectivity index (χ2v) is 10.7. The Kier molecular flexibility index (Phi) is 8.26. The zero-order chi connectivity index (χ0) is 24.9. The van der Waals surface area contributed by atoms with Crippen molar-refractivity contribution in [1.29, 1.82) is 0 Å². The minimum Gasteiger partial charge on any atom is -0.497 e. The molecule has 0 radical (unpaired) electrons. The summed E-state index contributed by atoms with van der Waals surface area (Å²) in [6.07, 6.45) is 7.68. The highest BCUT2D eigenvalue weighted by Crippen LogP contribution is 2.37. The molecular weight excluding hydrogens is 442 g/mol. The number of carbonyl (C=O) groups excluding carboxylic acids is 3. The van der Waals surface area contributed by atoms with E-state index in [4.69, 9.17) is 4.74 Å². The number of methoxy groups -OCH3 is 1. The monoisotopic (exact) mass is 481 g/mol. The third-order valence-electron chi connectivity index (χ3n) is 7.69. The molecule has 2 saturated heterocycles. The maximum Gasteiger partial charge on any atom is 0.243 e. The number of hydrogen-bond acceptors (Lipinski definition) is 5. The van der Waals surface area contributed by atoms with Gasteiger partial charge in [0.15, 0.2) is 0 Å². The normalized spacial score (nSPS) is 24.1. The molecule has 3 aliphatic rings. The number of rotatable bonds is 9. The van der Waals surface area contributed by atoms with Crippen LogP contribution in [0.5, 0.6) is 5.75 Å². The van der Waals surface area contributed by atoms with Crippen LogP contribution in [0, 0.1) is 23.7 Å². The first-order chi connectivity index (χ1) is 16.9. The van der Waals surface area contributed by atoms with Gasteiger partial charge in [-0.2, -0.15) is 0 Å². The van der Waals surface area contributed by atoms with Crippen molar-refractivity contribution in [2.45, 2.75) is 58.5 Å². The number of hydrogen-bond donors (Lipinski definition) is 1. The van der Waals surface area contributed by atoms with Crippen LogP contribution in [0.1, 0.15) is 51.5 Å². The van der Waals surface area contributed by atoms with Crippen LogP contribution < -0.4 is 10.1 Å². The number of benzene rings is 1. The first kappa shape index (κ1) is 25.4. The summed E-state index contributed by atoms with van der Waals surface area (Å²) in [7, 11) is 1.67. The number of allylic oxidation sites excluding steroid dienone is 2. The number of ether oxygens (including phenoxy) is 1. The van der Waals surface area contributed by atoms with Gasteiger partial charge < -0.3 is 10.1 Å². The summed E-state index contributed by atoms with van der Waals surface area (Å²) in [6, 6.07) is 7.48. The zero-order valence-electron chi connectivity index (χ0n) is 21.2. The molecule has 3 amide bonds. The standard InChI is InChI=1S/C28H39N3O4/c1-19(2)16-25(31-27(33)23-6-4-5-7-24(23)28(31)34)26(32)29-17-20-12-14-30(15-13-20)18-21-8-10-22(35-3)11-9-21/h4-5,8-11,19-20,23-25H,6-7,12-18H2,1-3H3,(H,29,32). The molecule has 2 aliphatic heterocycles. The average Bonchev–Trinajstić information content (AvgIpc) is 3.12. The van der Waals surface area contributed by atoms with Gasteiger partial charge in [-0.3, -0.25) is 24.2 Å². The Balaban J connectivity index is 1.29. The molecule has 2 fully saturated rings. The number of carbonyl (C=O) groups is 3. The molecule has 1 N–H and O–H groups in total. The van der Waals surface area contributed by atoms with E-state index in [9.17, 15) is 14.4 Å². The summed E-state index contributed by atoms with van der Waals surface area (Å²) in [5.41, 5.74) is 1.27. The second kappa shape index (κ2) is 11.4. The van der Waals surface area contributed by atoms with E-state index < -0.39 is 6.04 Å². The van der Waals surface area contributed by atoms with E-state index in [1.165, 1.54) is 10.5 Å². The van der Waals surface area contributed by atoms with Crippen molar-refractivity contribution in [2.24, 2.45) is 23.7 Å². The lowest BCUT2D eigenvalue weighted by atomic mass is 9.85. The minimum atomic E-state index is -0.712. The summed E-state index contributed by atoms with van der Waals surface area (Å²) in [6.45, 7) is 7.53. The van der Waals surface area contributed by atoms with Crippen molar-refractivity contribution >= 4 is 17.7 Å². The number of likely N-dealkylation sites (tertiary alicyclic amines) is 2. The molecule has 190 valence electrons. The summed E-state index contributed by atoms with van der Waals surface area (Å²) >= 11 is 0. The molecule has 4 rings (SSSR count). The molecule has 0 bridgehead atoms. The lowest BCUT2D eigenvalue weighted by Gasteiger charge is -2.33. The summed E-state index contributed by atoms with van der Waals surface area (Å²) < 4.78 is 5.23. The average molecular weight is 482 g/mol. The maximum atomic E-state index is 13.3. The van der Waals surface area contributed by atoms with Gasteiger partial charge in [-0.1, -0.05) is 38.1 Å². The van der Waals surface area contributed by atoms with E-state index in [0.717, 1.165) is 38.2 Å². The van der Waals surface area contributed by atoms with Crippen LogP contribution in [-0.2, 0) is 20.9 Å². The van der Waals surface area contributed by atoms with Crippen molar-refractivity contribution in [2.75, 3.05) is 26.7 Å². The fourth-order valence-electron chi connectivity index (χ4n) is 5.61. The van der Waals surface area contributed by atoms with Crippen molar-refractivity contribution < 1.29 is 19.1 Å². The Morgan fingerprint density at radius 1 is 1.03 bits per heavy atom. The zero-order valence-corrected chi connectivity index (χ0v) is 21.2. The van der Waals surface area contributed by atoms with Gasteiger partial charge in [-0.15, -0.1) is 0 Å². The SMILES string of the molecule is COc1ccc(CN2CCC(CNC(=O)C(CC(C)C)N3C(=O)C4CC=CCC4C3=O)CC2)cc1. The number of nitrogens with one attached hydrogen (secondary N) is 1. The quantitative estimate of drug-likeness (QED) is 0.432. The fourth-order valence-corrected chi connectivity index (χ4v) is 5.61. The van der Waals surface area contributed by atoms with E-state index in [1.807, 2.05) is 38.1 Å². The van der Waals surface area contributed by atoms with Crippen LogP contribution in [0.2, 0.25) is 0 Å². The number of nitrogens with zero attached hydrogens (tertiary/aromatic N) is 2. The summed E-state index contributed by atoms with van der Waals surface area (Å²) in [5.74, 6) is 0.346. The van der Waals surface area contributed by atoms with Crippen LogP contribution in [0.25, 0.3) is 0 Å². The molecule has 35 heavy (non-hydrogen) atoms. The molecule has 0 spiro atoms. The molecule has 7 nitrogen and oxygen atoms in total. The van der Waals surface area contributed by atoms with E-state index in [-0.39, 0.29) is 35.5 Å². The van der Waals surface area contributed by atoms with Crippen LogP contribution in [-0.4, -0.2) is 60.3 Å². The molecule has 3 atom stereocenters. The van der Waals surface area contributed by atoms with Crippen molar-refractivity contribution in [1.82, 2.24) is 15.1 Å². The Morgan fingerprint density at radius 3 is 2.17 bits per heavy atom. The lowest BCUT2D eigenvalue weighted by molar-refractivity contribution is -0.148. The Labute approximate surface area is 208 Å². The molecular formula is C28H39N3O4. The largest absolute Gasteiger partial charge is 0.497 e. The van der Waals surface area contributed by atoms with Crippen LogP contribution in [0.3, 0.4) is 0 Å². The fraction of sp³-hybridized carbons (Fsp3) is 0.607. The van der Waals surface area contributed by atoms with E-state index in [2.05, 4.69) is 22.3 Å². The van der Waals surface area contributed by atoms with Gasteiger partial charge in [0.2, 0.25) is 17.7 Å². The number of imide groups is 1. The minimum absolute atomic E-state index is 0.169. The molecule has 1 aromatic rings. The molecule has 1 aromatic carbocycles. The highest BCUT2D eigenvalue weighted by atomic mass is 16.5. The van der Waals surface area contributed by atoms with Crippen LogP contribution in [0.4, 0.5) is 0 Å². The third kappa shape index (κ3) is 5.95. The van der Waals surface area contributed by atoms with Gasteiger partial charge in [0.05, 0.1) is 18.9 Å². The van der Waals surface area contributed by atoms with Gasteiger partial charge in [0.25, 0.3) is 0 Å². The first-order valence-corrected chi connectivity index (χ1v) is 13.0. The highest BCUT2D eigenvalue weighted by Gasteiger charge is 2.51. The second-order valence-electron chi connectivity index (χ2n) is 10.7. The lowest BCUT2D eigenvalue weighted by Crippen LogP contribution is -2.51. The third-order valence-corrected chi connectivity index (χ3v) is 7.69. The van der Waals surface area contributed by atoms with Crippen molar-refractivity contribution in [3.63, 3.8) is 0 Å². The molecule has 0 aromatic heterocycles. The van der Waals surface area contributed by atoms with Gasteiger partial charge in [-0.25, -0.2) is 0 Å². The van der Waals surface area contributed by atoms with Gasteiger partial charge in [-0.05, 0) is 74.7 Å². The van der Waals surface area contributed by atoms with Crippen molar-refractivity contribution in [3.05, 3.63) is 42.0 Å². The molecule has 1 aliphatic carbocycles. The topological polar surface area (TPSA) is 79.0 Å². The number of fused-ring (bicyclic) bond motifs is 1. The van der Waals surface area contributed by atoms with Gasteiger partial charge in [0, 0.05) is 13.1 Å². The predicted octanol–water partition coefficient (Wildman–Crippen LogP) is 3.39. The maximum absolute atomic E-state index is 13.3. The van der Waals surface area contributed by atoms with E-state index in [0.29, 0.717) is 31.7 Å². The Bertz CT molecular complexity index is 908. The van der Waals surface area contributed by atoms with Crippen molar-refractivity contribution in [3.8, 4) is 5.75 Å². The Morgan fingerprint density at radius 2 is 1.63 bits per heavy atom. The summed E-state index contributed by atoms with van der Waals surface area (Å²) in [5, 5.41) is 3.10. The Hall–Kier alpha value is -2.67. The molecule has 2 heterocycles. The van der Waals surface area contributed by atoms with Crippen LogP contribution in [0.15, 0.2) is 36.4 Å². The molecule has 0 saturated carbocycles. The van der Waals surface area contributed by atoms with Crippen LogP contribution >= 0.6 is 0 Å². The van der Waals surface area contributed by atoms with Gasteiger partial charge >= 0.3 is 0 Å². The highest BCUT2D eigenvalue weighted by molar-refractivity contribution is 6.08. The smallest absolute Gasteiger partial charge is 0.243 e. The summed E-state index contributed by atoms with van der Waals surface area (Å²) in [4.78, 5) is 43.2. The van der Waals surface area contributed by atoms with Gasteiger partial charge in [0.1, 0.15) is 11.8 Å². The van der Waals surface area contributed by atoms with E-state index in [1.54, 1.807) is 7.11 Å². The predicted molar refractivity (Wildman–Crippen MR) is 134 cm³/mol. The number of piperidine rings is 1. The number of amides is 3. The molecule has 3 unspecified atom stereocenters. The first-order valence-electron chi connectivity index (χ1n) is 13.0. The van der Waals surface area contributed by atoms with E-state index >= 15 is 0 Å².